The molecule has 0 unspecified atom stereocenters. The van der Waals surface area contributed by atoms with Crippen molar-refractivity contribution >= 4 is 5.69 Å². The second-order valence-corrected chi connectivity index (χ2v) is 4.39. The largest absolute Gasteiger partial charge is 0.380 e. The summed E-state index contributed by atoms with van der Waals surface area (Å²) >= 11 is 0. The van der Waals surface area contributed by atoms with Crippen LogP contribution in [0.2, 0.25) is 0 Å². The lowest BCUT2D eigenvalue weighted by molar-refractivity contribution is -0.403. The van der Waals surface area contributed by atoms with Crippen molar-refractivity contribution in [1.82, 2.24) is 0 Å². The van der Waals surface area contributed by atoms with E-state index in [1.165, 1.54) is 12.1 Å². The Morgan fingerprint density at radius 1 is 1.19 bits per heavy atom. The highest BCUT2D eigenvalue weighted by atomic mass is 19.1. The Kier molecular flexibility index (Phi) is 4.50. The molecule has 0 aliphatic carbocycles. The Balaban J connectivity index is 2.32. The molecule has 0 atom stereocenters. The van der Waals surface area contributed by atoms with Gasteiger partial charge in [0.25, 0.3) is 6.20 Å². The fourth-order valence-electron chi connectivity index (χ4n) is 1.89. The summed E-state index contributed by atoms with van der Waals surface area (Å²) in [6, 6.07) is 15.0. The minimum absolute atomic E-state index is 0.00975. The molecule has 0 aliphatic heterocycles. The predicted molar refractivity (Wildman–Crippen MR) is 78.3 cm³/mol. The van der Waals surface area contributed by atoms with Gasteiger partial charge in [0.15, 0.2) is 5.82 Å². The number of hydrogen-bond donors (Lipinski definition) is 1. The van der Waals surface area contributed by atoms with Crippen molar-refractivity contribution in [2.75, 3.05) is 4.90 Å². The van der Waals surface area contributed by atoms with E-state index in [2.05, 4.69) is 0 Å². The number of para-hydroxylation sites is 1. The Morgan fingerprint density at radius 2 is 1.81 bits per heavy atom. The molecule has 6 heteroatoms. The van der Waals surface area contributed by atoms with Crippen LogP contribution in [0.4, 0.5) is 10.1 Å². The van der Waals surface area contributed by atoms with Crippen LogP contribution in [-0.2, 0) is 6.54 Å². The lowest BCUT2D eigenvalue weighted by Crippen LogP contribution is -2.27. The zero-order chi connectivity index (χ0) is 15.2. The molecule has 2 N–H and O–H groups in total. The van der Waals surface area contributed by atoms with E-state index in [0.29, 0.717) is 6.54 Å². The lowest BCUT2D eigenvalue weighted by Gasteiger charge is -2.23. The number of halogens is 1. The van der Waals surface area contributed by atoms with Gasteiger partial charge in [-0.3, -0.25) is 10.1 Å². The molecule has 0 spiro atoms. The molecule has 0 radical (unpaired) electrons. The Morgan fingerprint density at radius 3 is 2.38 bits per heavy atom. The van der Waals surface area contributed by atoms with Crippen LogP contribution in [0.1, 0.15) is 5.56 Å². The highest BCUT2D eigenvalue weighted by Gasteiger charge is 2.13. The molecule has 0 aliphatic rings. The summed E-state index contributed by atoms with van der Waals surface area (Å²) in [6.45, 7) is 0.306. The first kappa shape index (κ1) is 14.5. The number of rotatable bonds is 5. The summed E-state index contributed by atoms with van der Waals surface area (Å²) in [5, 5.41) is 10.6. The van der Waals surface area contributed by atoms with Gasteiger partial charge in [0.1, 0.15) is 5.82 Å². The molecule has 21 heavy (non-hydrogen) atoms. The molecule has 2 rings (SSSR count). The summed E-state index contributed by atoms with van der Waals surface area (Å²) in [7, 11) is 0. The quantitative estimate of drug-likeness (QED) is 0.678. The van der Waals surface area contributed by atoms with E-state index in [9.17, 15) is 14.5 Å². The zero-order valence-corrected chi connectivity index (χ0v) is 11.1. The first-order valence-electron chi connectivity index (χ1n) is 6.24. The van der Waals surface area contributed by atoms with Crippen LogP contribution in [0.3, 0.4) is 0 Å². The average molecular weight is 287 g/mol. The summed E-state index contributed by atoms with van der Waals surface area (Å²) in [6.07, 6.45) is 0.747. The maximum Gasteiger partial charge on any atom is 0.274 e. The molecule has 0 amide bonds. The van der Waals surface area contributed by atoms with Gasteiger partial charge in [0.2, 0.25) is 0 Å². The van der Waals surface area contributed by atoms with E-state index in [1.807, 2.05) is 18.2 Å². The van der Waals surface area contributed by atoms with E-state index in [4.69, 9.17) is 5.73 Å². The summed E-state index contributed by atoms with van der Waals surface area (Å²) in [5.41, 5.74) is 7.31. The molecule has 0 aromatic heterocycles. The third-order valence-corrected chi connectivity index (χ3v) is 2.87. The molecule has 0 bridgehead atoms. The SMILES string of the molecule is N/C(=C\[N+](=O)[O-])N(Cc1ccc(F)cc1)c1ccccc1. The van der Waals surface area contributed by atoms with Crippen LogP contribution >= 0.6 is 0 Å². The van der Waals surface area contributed by atoms with Gasteiger partial charge >= 0.3 is 0 Å². The van der Waals surface area contributed by atoms with Crippen molar-refractivity contribution in [3.8, 4) is 0 Å². The standard InChI is InChI=1S/C15H14FN3O2/c16-13-8-6-12(7-9-13)10-18(15(17)11-19(20)21)14-4-2-1-3-5-14/h1-9,11H,10,17H2/b15-11+. The third-order valence-electron chi connectivity index (χ3n) is 2.87. The predicted octanol–water partition coefficient (Wildman–Crippen LogP) is 2.87. The van der Waals surface area contributed by atoms with Gasteiger partial charge in [-0.05, 0) is 29.8 Å². The third kappa shape index (κ3) is 4.04. The number of benzene rings is 2. The molecular weight excluding hydrogens is 273 g/mol. The minimum atomic E-state index is -0.601. The Bertz CT molecular complexity index is 642. The van der Waals surface area contributed by atoms with Crippen LogP contribution in [0.15, 0.2) is 66.6 Å². The zero-order valence-electron chi connectivity index (χ0n) is 11.1. The number of nitrogens with zero attached hydrogens (tertiary/aromatic N) is 2. The molecular formula is C15H14FN3O2. The Labute approximate surface area is 121 Å². The topological polar surface area (TPSA) is 72.4 Å². The van der Waals surface area contributed by atoms with Gasteiger partial charge < -0.3 is 10.6 Å². The van der Waals surface area contributed by atoms with E-state index in [1.54, 1.807) is 29.2 Å². The highest BCUT2D eigenvalue weighted by molar-refractivity contribution is 5.51. The molecule has 0 heterocycles. The average Bonchev–Trinajstić information content (AvgIpc) is 2.46. The van der Waals surface area contributed by atoms with Gasteiger partial charge in [0.05, 0.1) is 4.92 Å². The molecule has 2 aromatic rings. The van der Waals surface area contributed by atoms with Crippen molar-refractivity contribution in [2.45, 2.75) is 6.54 Å². The second kappa shape index (κ2) is 6.51. The van der Waals surface area contributed by atoms with Gasteiger partial charge in [-0.1, -0.05) is 30.3 Å². The monoisotopic (exact) mass is 287 g/mol. The van der Waals surface area contributed by atoms with Crippen LogP contribution in [0.5, 0.6) is 0 Å². The fraction of sp³-hybridized carbons (Fsp3) is 0.0667. The molecule has 108 valence electrons. The highest BCUT2D eigenvalue weighted by Crippen LogP contribution is 2.20. The van der Waals surface area contributed by atoms with Crippen molar-refractivity contribution < 1.29 is 9.31 Å². The fourth-order valence-corrected chi connectivity index (χ4v) is 1.89. The van der Waals surface area contributed by atoms with E-state index < -0.39 is 4.92 Å². The van der Waals surface area contributed by atoms with Gasteiger partial charge in [0, 0.05) is 12.2 Å². The van der Waals surface area contributed by atoms with Crippen LogP contribution in [0.25, 0.3) is 0 Å². The molecule has 0 fully saturated rings. The summed E-state index contributed by atoms with van der Waals surface area (Å²) < 4.78 is 12.9. The van der Waals surface area contributed by atoms with Crippen molar-refractivity contribution in [1.29, 1.82) is 0 Å². The molecule has 0 saturated carbocycles. The summed E-state index contributed by atoms with van der Waals surface area (Å²) in [4.78, 5) is 11.6. The smallest absolute Gasteiger partial charge is 0.274 e. The van der Waals surface area contributed by atoms with Crippen molar-refractivity contribution in [2.24, 2.45) is 5.73 Å². The van der Waals surface area contributed by atoms with Gasteiger partial charge in [-0.15, -0.1) is 0 Å². The molecule has 0 saturated heterocycles. The first-order chi connectivity index (χ1) is 10.1. The normalized spacial score (nSPS) is 11.2. The Hall–Kier alpha value is -2.89. The maximum absolute atomic E-state index is 12.9. The molecule has 5 nitrogen and oxygen atoms in total. The number of nitrogens with two attached hydrogens (primary N) is 1. The van der Waals surface area contributed by atoms with E-state index in [0.717, 1.165) is 17.5 Å². The van der Waals surface area contributed by atoms with E-state index >= 15 is 0 Å². The second-order valence-electron chi connectivity index (χ2n) is 4.39. The number of anilines is 1. The van der Waals surface area contributed by atoms with Crippen molar-refractivity contribution in [3.63, 3.8) is 0 Å². The molecule has 2 aromatic carbocycles. The van der Waals surface area contributed by atoms with E-state index in [-0.39, 0.29) is 11.6 Å². The van der Waals surface area contributed by atoms with Crippen LogP contribution in [0, 0.1) is 15.9 Å². The van der Waals surface area contributed by atoms with Crippen LogP contribution < -0.4 is 10.6 Å². The van der Waals surface area contributed by atoms with Gasteiger partial charge in [-0.2, -0.15) is 0 Å². The number of hydrogen-bond acceptors (Lipinski definition) is 4. The summed E-state index contributed by atoms with van der Waals surface area (Å²) in [5.74, 6) is -0.325. The van der Waals surface area contributed by atoms with Gasteiger partial charge in [-0.25, -0.2) is 4.39 Å². The number of nitro groups is 1. The lowest BCUT2D eigenvalue weighted by atomic mass is 10.2. The first-order valence-corrected chi connectivity index (χ1v) is 6.24. The van der Waals surface area contributed by atoms with Crippen molar-refractivity contribution in [3.05, 3.63) is 88.1 Å². The van der Waals surface area contributed by atoms with Crippen LogP contribution in [-0.4, -0.2) is 4.92 Å². The maximum atomic E-state index is 12.9. The minimum Gasteiger partial charge on any atom is -0.380 e.